The van der Waals surface area contributed by atoms with Gasteiger partial charge in [-0.1, -0.05) is 23.2 Å². The number of phenolic OH excluding ortho intramolecular Hbond substituents is 1. The molecule has 1 nitrogen and oxygen atoms in total. The predicted octanol–water partition coefficient (Wildman–Crippen LogP) is 2.70. The second-order valence-electron chi connectivity index (χ2n) is 1.63. The molecular weight excluding hydrogens is 250 g/mol. The van der Waals surface area contributed by atoms with Crippen LogP contribution in [0.3, 0.4) is 0 Å². The van der Waals surface area contributed by atoms with Gasteiger partial charge in [0.2, 0.25) is 0 Å². The van der Waals surface area contributed by atoms with E-state index in [1.807, 2.05) is 0 Å². The van der Waals surface area contributed by atoms with Crippen LogP contribution in [0.25, 0.3) is 0 Å². The van der Waals surface area contributed by atoms with Gasteiger partial charge in [0.05, 0.1) is 0 Å². The molecule has 1 aromatic rings. The topological polar surface area (TPSA) is 20.2 Å². The summed E-state index contributed by atoms with van der Waals surface area (Å²) in [6.45, 7) is 0. The minimum Gasteiger partial charge on any atom is -0.508 e. The third kappa shape index (κ3) is 3.05. The molecule has 0 unspecified atom stereocenters. The second kappa shape index (κ2) is 4.38. The van der Waals surface area contributed by atoms with Crippen molar-refractivity contribution in [2.45, 2.75) is 0 Å². The van der Waals surface area contributed by atoms with Gasteiger partial charge in [-0.3, -0.25) is 0 Å². The van der Waals surface area contributed by atoms with E-state index in [0.29, 0.717) is 10.0 Å². The van der Waals surface area contributed by atoms with Crippen molar-refractivity contribution in [1.29, 1.82) is 0 Å². The molecule has 4 heteroatoms. The summed E-state index contributed by atoms with van der Waals surface area (Å²) in [5, 5.41) is 9.71. The van der Waals surface area contributed by atoms with E-state index >= 15 is 0 Å². The van der Waals surface area contributed by atoms with Crippen molar-refractivity contribution in [3.05, 3.63) is 28.2 Å². The molecule has 0 amide bonds. The maximum atomic E-state index is 8.82. The maximum Gasteiger partial charge on any atom is 0.118 e. The second-order valence-corrected chi connectivity index (χ2v) is 2.50. The van der Waals surface area contributed by atoms with Crippen LogP contribution >= 0.6 is 23.2 Å². The fourth-order valence-corrected chi connectivity index (χ4v) is 1.05. The van der Waals surface area contributed by atoms with E-state index in [-0.39, 0.29) is 32.0 Å². The van der Waals surface area contributed by atoms with E-state index in [1.165, 1.54) is 12.1 Å². The summed E-state index contributed by atoms with van der Waals surface area (Å²) in [6.07, 6.45) is 0. The van der Waals surface area contributed by atoms with Crippen molar-refractivity contribution >= 4 is 23.2 Å². The molecule has 0 saturated carbocycles. The summed E-state index contributed by atoms with van der Waals surface area (Å²) in [7, 11) is 0. The Kier molecular flexibility index (Phi) is 4.59. The van der Waals surface area contributed by atoms with Crippen LogP contribution < -0.4 is 0 Å². The average molecular weight is 254 g/mol. The number of hydrogen-bond acceptors (Lipinski definition) is 1. The number of halogens is 2. The molecule has 0 aliphatic carbocycles. The summed E-state index contributed by atoms with van der Waals surface area (Å²) in [4.78, 5) is 0. The molecule has 0 saturated heterocycles. The fourth-order valence-electron chi connectivity index (χ4n) is 0.539. The maximum absolute atomic E-state index is 8.82. The first-order valence-corrected chi connectivity index (χ1v) is 3.09. The SMILES string of the molecule is Oc1cc(Cl)cc(Cl)c1.[Zr]. The zero-order valence-electron chi connectivity index (χ0n) is 4.94. The number of phenols is 1. The van der Waals surface area contributed by atoms with E-state index in [1.54, 1.807) is 6.07 Å². The molecule has 0 aromatic heterocycles. The van der Waals surface area contributed by atoms with Crippen LogP contribution in [0.5, 0.6) is 5.75 Å². The summed E-state index contributed by atoms with van der Waals surface area (Å²) < 4.78 is 0. The molecule has 1 aromatic carbocycles. The number of hydrogen-bond donors (Lipinski definition) is 1. The van der Waals surface area contributed by atoms with Gasteiger partial charge in [0.1, 0.15) is 5.75 Å². The predicted molar refractivity (Wildman–Crippen MR) is 38.1 cm³/mol. The van der Waals surface area contributed by atoms with Gasteiger partial charge in [0.25, 0.3) is 0 Å². The monoisotopic (exact) mass is 252 g/mol. The Bertz CT molecular complexity index is 177. The molecular formula is C6H4Cl2OZr. The van der Waals surface area contributed by atoms with Crippen molar-refractivity contribution in [2.24, 2.45) is 0 Å². The first-order chi connectivity index (χ1) is 4.18. The van der Waals surface area contributed by atoms with Crippen molar-refractivity contribution in [2.75, 3.05) is 0 Å². The van der Waals surface area contributed by atoms with E-state index in [4.69, 9.17) is 28.3 Å². The Morgan fingerprint density at radius 3 is 1.70 bits per heavy atom. The van der Waals surface area contributed by atoms with Gasteiger partial charge in [0, 0.05) is 36.2 Å². The third-order valence-electron chi connectivity index (χ3n) is 0.847. The van der Waals surface area contributed by atoms with Crippen LogP contribution in [0.15, 0.2) is 18.2 Å². The van der Waals surface area contributed by atoms with Gasteiger partial charge in [-0.2, -0.15) is 0 Å². The van der Waals surface area contributed by atoms with Crippen LogP contribution in [0.4, 0.5) is 0 Å². The first kappa shape index (κ1) is 10.5. The Morgan fingerprint density at radius 2 is 1.40 bits per heavy atom. The van der Waals surface area contributed by atoms with Crippen molar-refractivity contribution < 1.29 is 31.3 Å². The summed E-state index contributed by atoms with van der Waals surface area (Å²) >= 11 is 11.0. The quantitative estimate of drug-likeness (QED) is 0.754. The minimum absolute atomic E-state index is 0. The molecule has 0 fully saturated rings. The molecule has 10 heavy (non-hydrogen) atoms. The first-order valence-electron chi connectivity index (χ1n) is 2.33. The van der Waals surface area contributed by atoms with Crippen LogP contribution in [0, 0.1) is 0 Å². The molecule has 52 valence electrons. The normalized spacial score (nSPS) is 8.60. The van der Waals surface area contributed by atoms with Gasteiger partial charge in [-0.15, -0.1) is 0 Å². The van der Waals surface area contributed by atoms with E-state index in [9.17, 15) is 0 Å². The zero-order valence-corrected chi connectivity index (χ0v) is 8.91. The van der Waals surface area contributed by atoms with Crippen LogP contribution in [0.1, 0.15) is 0 Å². The molecule has 0 spiro atoms. The van der Waals surface area contributed by atoms with E-state index < -0.39 is 0 Å². The average Bonchev–Trinajstić information content (AvgIpc) is 1.59. The van der Waals surface area contributed by atoms with Crippen LogP contribution in [-0.4, -0.2) is 5.11 Å². The molecule has 1 rings (SSSR count). The van der Waals surface area contributed by atoms with Crippen molar-refractivity contribution in [3.8, 4) is 5.75 Å². The third-order valence-corrected chi connectivity index (χ3v) is 1.28. The molecule has 1 N–H and O–H groups in total. The van der Waals surface area contributed by atoms with Crippen molar-refractivity contribution in [3.63, 3.8) is 0 Å². The summed E-state index contributed by atoms with van der Waals surface area (Å²) in [5.74, 6) is 0.0903. The zero-order chi connectivity index (χ0) is 6.85. The van der Waals surface area contributed by atoms with Gasteiger partial charge in [-0.25, -0.2) is 0 Å². The Labute approximate surface area is 88.1 Å². The molecule has 0 radical (unpaired) electrons. The van der Waals surface area contributed by atoms with Crippen LogP contribution in [-0.2, 0) is 26.2 Å². The fraction of sp³-hybridized carbons (Fsp3) is 0. The molecule has 0 bridgehead atoms. The van der Waals surface area contributed by atoms with Gasteiger partial charge < -0.3 is 5.11 Å². The van der Waals surface area contributed by atoms with E-state index in [0.717, 1.165) is 0 Å². The standard InChI is InChI=1S/C6H4Cl2O.Zr/c7-4-1-5(8)3-6(9)2-4;/h1-3,9H;. The van der Waals surface area contributed by atoms with Gasteiger partial charge >= 0.3 is 0 Å². The summed E-state index contributed by atoms with van der Waals surface area (Å²) in [6, 6.07) is 4.41. The molecule has 0 heterocycles. The Balaban J connectivity index is 0.000000810. The Morgan fingerprint density at radius 1 is 1.00 bits per heavy atom. The molecule has 0 aliphatic rings. The number of rotatable bonds is 0. The van der Waals surface area contributed by atoms with Crippen LogP contribution in [0.2, 0.25) is 10.0 Å². The molecule has 0 atom stereocenters. The smallest absolute Gasteiger partial charge is 0.118 e. The van der Waals surface area contributed by atoms with Gasteiger partial charge in [-0.05, 0) is 18.2 Å². The van der Waals surface area contributed by atoms with Gasteiger partial charge in [0.15, 0.2) is 0 Å². The minimum atomic E-state index is 0. The number of benzene rings is 1. The van der Waals surface area contributed by atoms with E-state index in [2.05, 4.69) is 0 Å². The summed E-state index contributed by atoms with van der Waals surface area (Å²) in [5.41, 5.74) is 0. The Hall–Kier alpha value is 0.483. The molecule has 0 aliphatic heterocycles. The number of aromatic hydroxyl groups is 1. The van der Waals surface area contributed by atoms with Crippen molar-refractivity contribution in [1.82, 2.24) is 0 Å². The largest absolute Gasteiger partial charge is 0.508 e.